The highest BCUT2D eigenvalue weighted by molar-refractivity contribution is 7.91. The quantitative estimate of drug-likeness (QED) is 0.893. The van der Waals surface area contributed by atoms with E-state index in [0.717, 1.165) is 19.4 Å². The number of thiophene rings is 1. The number of rotatable bonds is 4. The van der Waals surface area contributed by atoms with Gasteiger partial charge in [-0.1, -0.05) is 6.92 Å². The van der Waals surface area contributed by atoms with Crippen LogP contribution in [0.3, 0.4) is 0 Å². The molecule has 1 saturated heterocycles. The van der Waals surface area contributed by atoms with E-state index in [0.29, 0.717) is 13.0 Å². The summed E-state index contributed by atoms with van der Waals surface area (Å²) in [4.78, 5) is 16.1. The molecule has 23 heavy (non-hydrogen) atoms. The molecule has 0 bridgehead atoms. The number of nitrogens with one attached hydrogen (secondary N) is 1. The maximum Gasteiger partial charge on any atom is 0.234 e. The highest BCUT2D eigenvalue weighted by Crippen LogP contribution is 2.35. The molecule has 1 amide bonds. The molecule has 1 fully saturated rings. The topological polar surface area (TPSA) is 66.5 Å². The van der Waals surface area contributed by atoms with Crippen LogP contribution in [0.4, 0.5) is 0 Å². The van der Waals surface area contributed by atoms with E-state index in [-0.39, 0.29) is 23.5 Å². The second kappa shape index (κ2) is 6.18. The van der Waals surface area contributed by atoms with Crippen molar-refractivity contribution < 1.29 is 13.2 Å². The van der Waals surface area contributed by atoms with Crippen LogP contribution in [-0.2, 0) is 21.1 Å². The lowest BCUT2D eigenvalue weighted by molar-refractivity contribution is -0.124. The van der Waals surface area contributed by atoms with E-state index in [9.17, 15) is 13.2 Å². The molecule has 0 aliphatic carbocycles. The second-order valence-electron chi connectivity index (χ2n) is 6.89. The molecule has 2 aliphatic heterocycles. The van der Waals surface area contributed by atoms with E-state index in [1.165, 1.54) is 10.4 Å². The zero-order valence-corrected chi connectivity index (χ0v) is 15.3. The van der Waals surface area contributed by atoms with Crippen LogP contribution in [0.5, 0.6) is 0 Å². The SMILES string of the molecule is CC[C@@H]1c2ccsc2CCN1CC(=O)N[C@@]1(C)CCS(=O)(=O)C1. The molecule has 0 radical (unpaired) electrons. The maximum absolute atomic E-state index is 12.5. The monoisotopic (exact) mass is 356 g/mol. The summed E-state index contributed by atoms with van der Waals surface area (Å²) in [6.45, 7) is 5.20. The van der Waals surface area contributed by atoms with Crippen molar-refractivity contribution >= 4 is 27.1 Å². The Labute approximate surface area is 142 Å². The Morgan fingerprint density at radius 3 is 2.96 bits per heavy atom. The Morgan fingerprint density at radius 2 is 2.30 bits per heavy atom. The highest BCUT2D eigenvalue weighted by Gasteiger charge is 2.40. The van der Waals surface area contributed by atoms with Gasteiger partial charge in [-0.25, -0.2) is 8.42 Å². The van der Waals surface area contributed by atoms with E-state index in [2.05, 4.69) is 28.6 Å². The zero-order valence-electron chi connectivity index (χ0n) is 13.7. The molecule has 1 N–H and O–H groups in total. The average Bonchev–Trinajstić information content (AvgIpc) is 3.02. The van der Waals surface area contributed by atoms with Crippen LogP contribution in [0.25, 0.3) is 0 Å². The summed E-state index contributed by atoms with van der Waals surface area (Å²) in [7, 11) is -3.01. The van der Waals surface area contributed by atoms with Gasteiger partial charge in [0.05, 0.1) is 23.6 Å². The maximum atomic E-state index is 12.5. The molecule has 0 spiro atoms. The summed E-state index contributed by atoms with van der Waals surface area (Å²) < 4.78 is 23.3. The van der Waals surface area contributed by atoms with Gasteiger partial charge in [0, 0.05) is 17.5 Å². The van der Waals surface area contributed by atoms with Crippen LogP contribution in [0.1, 0.15) is 43.2 Å². The number of carbonyl (C=O) groups excluding carboxylic acids is 1. The third-order valence-corrected chi connectivity index (χ3v) is 7.78. The van der Waals surface area contributed by atoms with Crippen molar-refractivity contribution in [2.24, 2.45) is 0 Å². The molecule has 3 rings (SSSR count). The summed E-state index contributed by atoms with van der Waals surface area (Å²) in [6.07, 6.45) is 2.47. The molecular formula is C16H24N2O3S2. The molecule has 0 saturated carbocycles. The Hall–Kier alpha value is -0.920. The molecule has 2 aliphatic rings. The first-order chi connectivity index (χ1) is 10.8. The first kappa shape index (κ1) is 16.9. The van der Waals surface area contributed by atoms with Gasteiger partial charge in [-0.3, -0.25) is 9.69 Å². The summed E-state index contributed by atoms with van der Waals surface area (Å²) in [5.41, 5.74) is 0.743. The molecule has 0 unspecified atom stereocenters. The Kier molecular flexibility index (Phi) is 4.55. The largest absolute Gasteiger partial charge is 0.349 e. The summed E-state index contributed by atoms with van der Waals surface area (Å²) in [5, 5.41) is 5.09. The fraction of sp³-hybridized carbons (Fsp3) is 0.688. The number of hydrogen-bond donors (Lipinski definition) is 1. The van der Waals surface area contributed by atoms with E-state index in [4.69, 9.17) is 0 Å². The Balaban J connectivity index is 1.64. The van der Waals surface area contributed by atoms with Crippen molar-refractivity contribution in [3.8, 4) is 0 Å². The molecule has 128 valence electrons. The van der Waals surface area contributed by atoms with Gasteiger partial charge >= 0.3 is 0 Å². The lowest BCUT2D eigenvalue weighted by Crippen LogP contribution is -2.51. The molecule has 1 aromatic rings. The molecule has 1 aromatic heterocycles. The molecule has 2 atom stereocenters. The summed E-state index contributed by atoms with van der Waals surface area (Å²) in [5.74, 6) is 0.155. The highest BCUT2D eigenvalue weighted by atomic mass is 32.2. The van der Waals surface area contributed by atoms with Crippen molar-refractivity contribution in [1.82, 2.24) is 10.2 Å². The summed E-state index contributed by atoms with van der Waals surface area (Å²) >= 11 is 1.80. The van der Waals surface area contributed by atoms with E-state index in [1.807, 2.05) is 6.92 Å². The number of fused-ring (bicyclic) bond motifs is 1. The minimum atomic E-state index is -3.01. The Morgan fingerprint density at radius 1 is 1.52 bits per heavy atom. The Bertz CT molecular complexity index is 698. The molecular weight excluding hydrogens is 332 g/mol. The van der Waals surface area contributed by atoms with Crippen molar-refractivity contribution in [3.63, 3.8) is 0 Å². The number of nitrogens with zero attached hydrogens (tertiary/aromatic N) is 1. The average molecular weight is 357 g/mol. The van der Waals surface area contributed by atoms with Gasteiger partial charge < -0.3 is 5.32 Å². The van der Waals surface area contributed by atoms with Crippen LogP contribution in [-0.4, -0.2) is 49.4 Å². The van der Waals surface area contributed by atoms with Gasteiger partial charge in [-0.15, -0.1) is 11.3 Å². The molecule has 0 aromatic carbocycles. The normalized spacial score (nSPS) is 30.1. The molecule has 5 nitrogen and oxygen atoms in total. The smallest absolute Gasteiger partial charge is 0.234 e. The van der Waals surface area contributed by atoms with Gasteiger partial charge in [-0.2, -0.15) is 0 Å². The number of amides is 1. The molecule has 3 heterocycles. The van der Waals surface area contributed by atoms with Crippen LogP contribution in [0.2, 0.25) is 0 Å². The van der Waals surface area contributed by atoms with Gasteiger partial charge in [0.25, 0.3) is 0 Å². The fourth-order valence-corrected chi connectivity index (χ4v) is 6.81. The predicted octanol–water partition coefficient (Wildman–Crippen LogP) is 1.75. The summed E-state index contributed by atoms with van der Waals surface area (Å²) in [6, 6.07) is 2.46. The lowest BCUT2D eigenvalue weighted by Gasteiger charge is -2.35. The van der Waals surface area contributed by atoms with Crippen LogP contribution < -0.4 is 5.32 Å². The van der Waals surface area contributed by atoms with E-state index >= 15 is 0 Å². The zero-order chi connectivity index (χ0) is 16.7. The van der Waals surface area contributed by atoms with Gasteiger partial charge in [0.2, 0.25) is 5.91 Å². The standard InChI is InChI=1S/C16H24N2O3S2/c1-3-13-12-5-8-22-14(12)4-7-18(13)10-15(19)17-16(2)6-9-23(20,21)11-16/h5,8,13H,3-4,6-7,9-11H2,1-2H3,(H,17,19)/t13-,16+/m1/s1. The minimum Gasteiger partial charge on any atom is -0.349 e. The third-order valence-electron chi connectivity index (χ3n) is 4.88. The lowest BCUT2D eigenvalue weighted by atomic mass is 9.97. The number of hydrogen-bond acceptors (Lipinski definition) is 5. The second-order valence-corrected chi connectivity index (χ2v) is 10.1. The first-order valence-electron chi connectivity index (χ1n) is 8.14. The van der Waals surface area contributed by atoms with Crippen molar-refractivity contribution in [2.75, 3.05) is 24.6 Å². The van der Waals surface area contributed by atoms with Gasteiger partial charge in [0.1, 0.15) is 0 Å². The van der Waals surface area contributed by atoms with Gasteiger partial charge in [-0.05, 0) is 43.2 Å². The first-order valence-corrected chi connectivity index (χ1v) is 10.8. The van der Waals surface area contributed by atoms with E-state index in [1.54, 1.807) is 11.3 Å². The van der Waals surface area contributed by atoms with Crippen LogP contribution in [0.15, 0.2) is 11.4 Å². The number of carbonyl (C=O) groups is 1. The van der Waals surface area contributed by atoms with E-state index < -0.39 is 15.4 Å². The van der Waals surface area contributed by atoms with Crippen molar-refractivity contribution in [3.05, 3.63) is 21.9 Å². The van der Waals surface area contributed by atoms with Gasteiger partial charge in [0.15, 0.2) is 9.84 Å². The number of sulfone groups is 1. The molecule has 7 heteroatoms. The van der Waals surface area contributed by atoms with Crippen molar-refractivity contribution in [2.45, 2.75) is 44.7 Å². The van der Waals surface area contributed by atoms with Crippen molar-refractivity contribution in [1.29, 1.82) is 0 Å². The van der Waals surface area contributed by atoms with Crippen LogP contribution >= 0.6 is 11.3 Å². The fourth-order valence-electron chi connectivity index (χ4n) is 3.79. The predicted molar refractivity (Wildman–Crippen MR) is 92.4 cm³/mol. The van der Waals surface area contributed by atoms with Crippen LogP contribution in [0, 0.1) is 0 Å². The third kappa shape index (κ3) is 3.61. The minimum absolute atomic E-state index is 0.0532.